The summed E-state index contributed by atoms with van der Waals surface area (Å²) < 4.78 is 30.9. The third kappa shape index (κ3) is 3.38. The van der Waals surface area contributed by atoms with Crippen LogP contribution < -0.4 is 5.32 Å². The Morgan fingerprint density at radius 1 is 1.56 bits per heavy atom. The van der Waals surface area contributed by atoms with E-state index in [-0.39, 0.29) is 30.9 Å². The van der Waals surface area contributed by atoms with Gasteiger partial charge in [-0.15, -0.1) is 0 Å². The first kappa shape index (κ1) is 13.7. The SMILES string of the molecule is COC(=O)[C@H]1CCN[C@H](CN2CCC(F)(F)C2)C1. The van der Waals surface area contributed by atoms with Gasteiger partial charge in [0, 0.05) is 25.6 Å². The Bertz CT molecular complexity index is 312. The molecule has 2 fully saturated rings. The van der Waals surface area contributed by atoms with Crippen molar-refractivity contribution in [1.29, 1.82) is 0 Å². The minimum absolute atomic E-state index is 0.0554. The van der Waals surface area contributed by atoms with Gasteiger partial charge >= 0.3 is 5.97 Å². The van der Waals surface area contributed by atoms with Crippen molar-refractivity contribution in [2.75, 3.05) is 33.3 Å². The quantitative estimate of drug-likeness (QED) is 0.766. The first-order chi connectivity index (χ1) is 8.50. The van der Waals surface area contributed by atoms with Crippen molar-refractivity contribution in [2.24, 2.45) is 5.92 Å². The first-order valence-electron chi connectivity index (χ1n) is 6.41. The van der Waals surface area contributed by atoms with Crippen molar-refractivity contribution in [3.63, 3.8) is 0 Å². The zero-order valence-electron chi connectivity index (χ0n) is 10.6. The molecule has 0 spiro atoms. The van der Waals surface area contributed by atoms with E-state index in [9.17, 15) is 13.6 Å². The molecule has 1 N–H and O–H groups in total. The Morgan fingerprint density at radius 3 is 2.94 bits per heavy atom. The monoisotopic (exact) mass is 262 g/mol. The molecule has 0 aliphatic carbocycles. The maximum Gasteiger partial charge on any atom is 0.308 e. The second kappa shape index (κ2) is 5.48. The van der Waals surface area contributed by atoms with E-state index in [4.69, 9.17) is 4.74 Å². The number of hydrogen-bond acceptors (Lipinski definition) is 4. The first-order valence-corrected chi connectivity index (χ1v) is 6.41. The van der Waals surface area contributed by atoms with E-state index < -0.39 is 5.92 Å². The van der Waals surface area contributed by atoms with Crippen molar-refractivity contribution in [1.82, 2.24) is 10.2 Å². The number of hydrogen-bond donors (Lipinski definition) is 1. The molecule has 18 heavy (non-hydrogen) atoms. The maximum absolute atomic E-state index is 13.1. The van der Waals surface area contributed by atoms with Crippen LogP contribution in [0.25, 0.3) is 0 Å². The Balaban J connectivity index is 1.81. The van der Waals surface area contributed by atoms with E-state index >= 15 is 0 Å². The summed E-state index contributed by atoms with van der Waals surface area (Å²) in [6.45, 7) is 1.61. The number of methoxy groups -OCH3 is 1. The number of nitrogens with one attached hydrogen (secondary N) is 1. The average Bonchev–Trinajstić information content (AvgIpc) is 2.68. The van der Waals surface area contributed by atoms with Gasteiger partial charge in [0.2, 0.25) is 0 Å². The van der Waals surface area contributed by atoms with Gasteiger partial charge in [-0.05, 0) is 19.4 Å². The minimum atomic E-state index is -2.55. The molecular formula is C12H20F2N2O2. The van der Waals surface area contributed by atoms with Gasteiger partial charge in [0.25, 0.3) is 5.92 Å². The van der Waals surface area contributed by atoms with Crippen molar-refractivity contribution < 1.29 is 18.3 Å². The molecule has 2 saturated heterocycles. The maximum atomic E-state index is 13.1. The number of esters is 1. The fourth-order valence-electron chi connectivity index (χ4n) is 2.80. The molecule has 0 aromatic rings. The van der Waals surface area contributed by atoms with Crippen LogP contribution in [0.2, 0.25) is 0 Å². The van der Waals surface area contributed by atoms with Crippen LogP contribution in [0, 0.1) is 5.92 Å². The zero-order chi connectivity index (χ0) is 13.2. The van der Waals surface area contributed by atoms with E-state index in [0.717, 1.165) is 13.0 Å². The summed E-state index contributed by atoms with van der Waals surface area (Å²) in [6.07, 6.45) is 1.38. The van der Waals surface area contributed by atoms with Crippen molar-refractivity contribution in [3.8, 4) is 0 Å². The van der Waals surface area contributed by atoms with Crippen LogP contribution >= 0.6 is 0 Å². The summed E-state index contributed by atoms with van der Waals surface area (Å²) in [7, 11) is 1.39. The lowest BCUT2D eigenvalue weighted by atomic mass is 9.92. The molecule has 2 aliphatic rings. The molecule has 0 radical (unpaired) electrons. The van der Waals surface area contributed by atoms with Gasteiger partial charge in [0.05, 0.1) is 19.6 Å². The number of carbonyl (C=O) groups excluding carboxylic acids is 1. The van der Waals surface area contributed by atoms with Crippen molar-refractivity contribution >= 4 is 5.97 Å². The molecule has 0 aromatic carbocycles. The lowest BCUT2D eigenvalue weighted by Gasteiger charge is -2.31. The highest BCUT2D eigenvalue weighted by Gasteiger charge is 2.39. The fourth-order valence-corrected chi connectivity index (χ4v) is 2.80. The molecular weight excluding hydrogens is 242 g/mol. The minimum Gasteiger partial charge on any atom is -0.469 e. The highest BCUT2D eigenvalue weighted by molar-refractivity contribution is 5.72. The molecule has 104 valence electrons. The van der Waals surface area contributed by atoms with E-state index in [1.165, 1.54) is 7.11 Å². The summed E-state index contributed by atoms with van der Waals surface area (Å²) in [5.74, 6) is -2.83. The molecule has 0 bridgehead atoms. The number of ether oxygens (including phenoxy) is 1. The normalized spacial score (nSPS) is 32.4. The number of piperidine rings is 1. The Kier molecular flexibility index (Phi) is 4.17. The predicted molar refractivity (Wildman–Crippen MR) is 62.5 cm³/mol. The molecule has 4 nitrogen and oxygen atoms in total. The van der Waals surface area contributed by atoms with Crippen molar-refractivity contribution in [2.45, 2.75) is 31.2 Å². The van der Waals surface area contributed by atoms with Gasteiger partial charge in [-0.2, -0.15) is 0 Å². The van der Waals surface area contributed by atoms with Crippen LogP contribution in [0.4, 0.5) is 8.78 Å². The molecule has 2 atom stereocenters. The van der Waals surface area contributed by atoms with E-state index in [1.807, 2.05) is 0 Å². The number of alkyl halides is 2. The van der Waals surface area contributed by atoms with Crippen LogP contribution in [0.1, 0.15) is 19.3 Å². The molecule has 2 aliphatic heterocycles. The highest BCUT2D eigenvalue weighted by atomic mass is 19.3. The lowest BCUT2D eigenvalue weighted by Crippen LogP contribution is -2.47. The smallest absolute Gasteiger partial charge is 0.308 e. The van der Waals surface area contributed by atoms with Crippen LogP contribution in [0.3, 0.4) is 0 Å². The summed E-state index contributed by atoms with van der Waals surface area (Å²) >= 11 is 0. The highest BCUT2D eigenvalue weighted by Crippen LogP contribution is 2.27. The van der Waals surface area contributed by atoms with Gasteiger partial charge in [-0.1, -0.05) is 0 Å². The number of nitrogens with zero attached hydrogens (tertiary/aromatic N) is 1. The predicted octanol–water partition coefficient (Wildman–Crippen LogP) is 0.869. The van der Waals surface area contributed by atoms with E-state index in [0.29, 0.717) is 19.5 Å². The number of halogens is 2. The second-order valence-corrected chi connectivity index (χ2v) is 5.24. The van der Waals surface area contributed by atoms with Gasteiger partial charge in [-0.3, -0.25) is 9.69 Å². The van der Waals surface area contributed by atoms with Gasteiger partial charge in [0.1, 0.15) is 0 Å². The van der Waals surface area contributed by atoms with E-state index in [1.54, 1.807) is 4.90 Å². The molecule has 2 heterocycles. The fraction of sp³-hybridized carbons (Fsp3) is 0.917. The lowest BCUT2D eigenvalue weighted by molar-refractivity contribution is -0.146. The standard InChI is InChI=1S/C12H20F2N2O2/c1-18-11(17)9-2-4-15-10(6-9)7-16-5-3-12(13,14)8-16/h9-10,15H,2-8H2,1H3/t9-,10-/m0/s1. The molecule has 0 amide bonds. The molecule has 6 heteroatoms. The van der Waals surface area contributed by atoms with Crippen LogP contribution in [-0.2, 0) is 9.53 Å². The number of carbonyl (C=O) groups is 1. The number of rotatable bonds is 3. The second-order valence-electron chi connectivity index (χ2n) is 5.24. The molecule has 0 saturated carbocycles. The largest absolute Gasteiger partial charge is 0.469 e. The summed E-state index contributed by atoms with van der Waals surface area (Å²) in [4.78, 5) is 13.2. The van der Waals surface area contributed by atoms with Crippen molar-refractivity contribution in [3.05, 3.63) is 0 Å². The van der Waals surface area contributed by atoms with Crippen LogP contribution in [0.15, 0.2) is 0 Å². The van der Waals surface area contributed by atoms with Crippen LogP contribution in [-0.4, -0.2) is 56.1 Å². The van der Waals surface area contributed by atoms with Gasteiger partial charge in [-0.25, -0.2) is 8.78 Å². The third-order valence-corrected chi connectivity index (χ3v) is 3.76. The van der Waals surface area contributed by atoms with Gasteiger partial charge < -0.3 is 10.1 Å². The topological polar surface area (TPSA) is 41.6 Å². The summed E-state index contributed by atoms with van der Waals surface area (Å²) in [5, 5.41) is 3.29. The Labute approximate surface area is 106 Å². The zero-order valence-corrected chi connectivity index (χ0v) is 10.6. The average molecular weight is 262 g/mol. The Morgan fingerprint density at radius 2 is 2.33 bits per heavy atom. The molecule has 0 aromatic heterocycles. The molecule has 0 unspecified atom stereocenters. The third-order valence-electron chi connectivity index (χ3n) is 3.76. The van der Waals surface area contributed by atoms with Crippen LogP contribution in [0.5, 0.6) is 0 Å². The summed E-state index contributed by atoms with van der Waals surface area (Å²) in [5.41, 5.74) is 0. The summed E-state index contributed by atoms with van der Waals surface area (Å²) in [6, 6.07) is 0.108. The Hall–Kier alpha value is -0.750. The van der Waals surface area contributed by atoms with E-state index in [2.05, 4.69) is 5.32 Å². The number of likely N-dealkylation sites (tertiary alicyclic amines) is 1. The van der Waals surface area contributed by atoms with Gasteiger partial charge in [0.15, 0.2) is 0 Å². The molecule has 2 rings (SSSR count).